The van der Waals surface area contributed by atoms with E-state index in [1.54, 1.807) is 48.5 Å². The van der Waals surface area contributed by atoms with E-state index in [9.17, 15) is 13.2 Å². The lowest BCUT2D eigenvalue weighted by molar-refractivity contribution is 0.0472. The quantitative estimate of drug-likeness (QED) is 0.498. The smallest absolute Gasteiger partial charge is 0.338 e. The van der Waals surface area contributed by atoms with Crippen LogP contribution in [0, 0.1) is 11.3 Å². The molecule has 3 rings (SSSR count). The van der Waals surface area contributed by atoms with Crippen molar-refractivity contribution in [3.63, 3.8) is 0 Å². The Morgan fingerprint density at radius 2 is 1.69 bits per heavy atom. The summed E-state index contributed by atoms with van der Waals surface area (Å²) in [6.45, 7) is 0.0174. The molecule has 0 atom stereocenters. The molecule has 0 aromatic heterocycles. The van der Waals surface area contributed by atoms with E-state index >= 15 is 0 Å². The zero-order chi connectivity index (χ0) is 23.1. The Bertz CT molecular complexity index is 1250. The highest BCUT2D eigenvalue weighted by Crippen LogP contribution is 2.26. The molecular formula is C23H19ClN2O5S. The molecule has 1 N–H and O–H groups in total. The number of nitrogens with one attached hydrogen (secondary N) is 1. The van der Waals surface area contributed by atoms with Gasteiger partial charge in [-0.05, 0) is 53.6 Å². The SMILES string of the molecule is COc1ccc(C(=O)OCc2ccc(C#N)cc2)cc1S(=O)(=O)NCc1ccc(Cl)cc1. The molecule has 0 spiro atoms. The average Bonchev–Trinajstić information content (AvgIpc) is 2.82. The number of hydrogen-bond acceptors (Lipinski definition) is 6. The first-order valence-corrected chi connectivity index (χ1v) is 11.3. The van der Waals surface area contributed by atoms with E-state index < -0.39 is 16.0 Å². The van der Waals surface area contributed by atoms with Gasteiger partial charge in [0.1, 0.15) is 17.3 Å². The van der Waals surface area contributed by atoms with Crippen molar-refractivity contribution in [2.24, 2.45) is 0 Å². The fraction of sp³-hybridized carbons (Fsp3) is 0.130. The van der Waals surface area contributed by atoms with Crippen LogP contribution in [0.4, 0.5) is 0 Å². The maximum Gasteiger partial charge on any atom is 0.338 e. The van der Waals surface area contributed by atoms with Crippen molar-refractivity contribution in [3.05, 3.63) is 94.0 Å². The van der Waals surface area contributed by atoms with Crippen molar-refractivity contribution in [3.8, 4) is 11.8 Å². The van der Waals surface area contributed by atoms with Crippen molar-refractivity contribution in [1.29, 1.82) is 5.26 Å². The van der Waals surface area contributed by atoms with Crippen molar-refractivity contribution in [2.45, 2.75) is 18.0 Å². The molecule has 0 aliphatic heterocycles. The Balaban J connectivity index is 1.75. The van der Waals surface area contributed by atoms with Gasteiger partial charge in [0.2, 0.25) is 10.0 Å². The van der Waals surface area contributed by atoms with Gasteiger partial charge in [-0.3, -0.25) is 0 Å². The third-order valence-corrected chi connectivity index (χ3v) is 6.20. The van der Waals surface area contributed by atoms with Gasteiger partial charge in [0.15, 0.2) is 0 Å². The second kappa shape index (κ2) is 10.3. The van der Waals surface area contributed by atoms with Gasteiger partial charge in [-0.1, -0.05) is 35.9 Å². The van der Waals surface area contributed by atoms with E-state index in [1.165, 1.54) is 25.3 Å². The zero-order valence-electron chi connectivity index (χ0n) is 17.0. The molecule has 0 amide bonds. The van der Waals surface area contributed by atoms with E-state index in [1.807, 2.05) is 6.07 Å². The van der Waals surface area contributed by atoms with Crippen LogP contribution in [0.25, 0.3) is 0 Å². The monoisotopic (exact) mass is 470 g/mol. The molecule has 0 aliphatic carbocycles. The maximum absolute atomic E-state index is 12.9. The summed E-state index contributed by atoms with van der Waals surface area (Å²) in [6, 6.07) is 19.4. The molecule has 164 valence electrons. The second-order valence-electron chi connectivity index (χ2n) is 6.70. The third-order valence-electron chi connectivity index (χ3n) is 4.52. The van der Waals surface area contributed by atoms with Crippen LogP contribution in [-0.2, 0) is 27.9 Å². The van der Waals surface area contributed by atoms with E-state index in [4.69, 9.17) is 26.3 Å². The van der Waals surface area contributed by atoms with Gasteiger partial charge in [-0.2, -0.15) is 5.26 Å². The summed E-state index contributed by atoms with van der Waals surface area (Å²) in [4.78, 5) is 12.3. The fourth-order valence-corrected chi connectivity index (χ4v) is 4.12. The number of esters is 1. The number of rotatable bonds is 8. The lowest BCUT2D eigenvalue weighted by Crippen LogP contribution is -2.24. The minimum Gasteiger partial charge on any atom is -0.495 e. The molecule has 32 heavy (non-hydrogen) atoms. The van der Waals surface area contributed by atoms with Crippen molar-refractivity contribution in [2.75, 3.05) is 7.11 Å². The third kappa shape index (κ3) is 5.86. The standard InChI is InChI=1S/C23H19ClN2O5S/c1-30-21-11-8-19(23(27)31-15-18-4-2-16(13-25)3-5-18)12-22(21)32(28,29)26-14-17-6-9-20(24)10-7-17/h2-12,26H,14-15H2,1H3. The molecule has 0 aliphatic rings. The van der Waals surface area contributed by atoms with Crippen molar-refractivity contribution < 1.29 is 22.7 Å². The number of hydrogen-bond donors (Lipinski definition) is 1. The summed E-state index contributed by atoms with van der Waals surface area (Å²) in [5, 5.41) is 9.39. The molecule has 9 heteroatoms. The molecule has 0 unspecified atom stereocenters. The van der Waals surface area contributed by atoms with Gasteiger partial charge in [0, 0.05) is 11.6 Å². The van der Waals surface area contributed by atoms with Gasteiger partial charge in [0.05, 0.1) is 24.3 Å². The molecule has 0 saturated carbocycles. The molecule has 7 nitrogen and oxygen atoms in total. The van der Waals surface area contributed by atoms with Crippen LogP contribution < -0.4 is 9.46 Å². The highest BCUT2D eigenvalue weighted by molar-refractivity contribution is 7.89. The van der Waals surface area contributed by atoms with Crippen molar-refractivity contribution in [1.82, 2.24) is 4.72 Å². The summed E-state index contributed by atoms with van der Waals surface area (Å²) in [7, 11) is -2.64. The first kappa shape index (κ1) is 23.3. The molecule has 0 saturated heterocycles. The van der Waals surface area contributed by atoms with Crippen molar-refractivity contribution >= 4 is 27.6 Å². The molecule has 0 heterocycles. The predicted molar refractivity (Wildman–Crippen MR) is 119 cm³/mol. The molecule has 0 bridgehead atoms. The second-order valence-corrected chi connectivity index (χ2v) is 8.87. The van der Waals surface area contributed by atoms with E-state index in [0.29, 0.717) is 16.1 Å². The number of nitrogens with zero attached hydrogens (tertiary/aromatic N) is 1. The lowest BCUT2D eigenvalue weighted by Gasteiger charge is -2.13. The number of carbonyl (C=O) groups excluding carboxylic acids is 1. The highest BCUT2D eigenvalue weighted by atomic mass is 35.5. The van der Waals surface area contributed by atoms with Crippen LogP contribution in [0.15, 0.2) is 71.6 Å². The number of ether oxygens (including phenoxy) is 2. The summed E-state index contributed by atoms with van der Waals surface area (Å²) in [6.07, 6.45) is 0. The Morgan fingerprint density at radius 1 is 1.03 bits per heavy atom. The predicted octanol–water partition coefficient (Wildman–Crippen LogP) is 4.06. The minimum atomic E-state index is -3.99. The molecule has 3 aromatic rings. The molecule has 0 radical (unpaired) electrons. The summed E-state index contributed by atoms with van der Waals surface area (Å²) in [5.41, 5.74) is 1.97. The van der Waals surface area contributed by atoms with Crippen LogP contribution in [0.1, 0.15) is 27.0 Å². The van der Waals surface area contributed by atoms with Gasteiger partial charge >= 0.3 is 5.97 Å². The van der Waals surface area contributed by atoms with Crippen LogP contribution in [-0.4, -0.2) is 21.5 Å². The fourth-order valence-electron chi connectivity index (χ4n) is 2.78. The van der Waals surface area contributed by atoms with Crippen LogP contribution in [0.5, 0.6) is 5.75 Å². The Labute approximate surface area is 191 Å². The number of sulfonamides is 1. The maximum atomic E-state index is 12.9. The number of nitriles is 1. The minimum absolute atomic E-state index is 0.0204. The normalized spacial score (nSPS) is 10.9. The van der Waals surface area contributed by atoms with E-state index in [0.717, 1.165) is 5.56 Å². The summed E-state index contributed by atoms with van der Waals surface area (Å²) in [5.74, 6) is -0.594. The highest BCUT2D eigenvalue weighted by Gasteiger charge is 2.22. The average molecular weight is 471 g/mol. The molecular weight excluding hydrogens is 452 g/mol. The number of methoxy groups -OCH3 is 1. The van der Waals surface area contributed by atoms with Crippen LogP contribution in [0.2, 0.25) is 5.02 Å². The van der Waals surface area contributed by atoms with Crippen LogP contribution >= 0.6 is 11.6 Å². The van der Waals surface area contributed by atoms with Gasteiger partial charge in [-0.15, -0.1) is 0 Å². The zero-order valence-corrected chi connectivity index (χ0v) is 18.6. The van der Waals surface area contributed by atoms with Gasteiger partial charge < -0.3 is 9.47 Å². The first-order valence-electron chi connectivity index (χ1n) is 9.40. The summed E-state index contributed by atoms with van der Waals surface area (Å²) < 4.78 is 38.7. The number of benzene rings is 3. The van der Waals surface area contributed by atoms with Gasteiger partial charge in [0.25, 0.3) is 0 Å². The number of halogens is 1. The molecule has 0 fully saturated rings. The first-order chi connectivity index (χ1) is 15.3. The Kier molecular flexibility index (Phi) is 7.49. The summed E-state index contributed by atoms with van der Waals surface area (Å²) >= 11 is 5.85. The van der Waals surface area contributed by atoms with E-state index in [-0.39, 0.29) is 29.4 Å². The largest absolute Gasteiger partial charge is 0.495 e. The lowest BCUT2D eigenvalue weighted by atomic mass is 10.1. The Morgan fingerprint density at radius 3 is 2.31 bits per heavy atom. The molecule has 3 aromatic carbocycles. The van der Waals surface area contributed by atoms with Crippen LogP contribution in [0.3, 0.4) is 0 Å². The topological polar surface area (TPSA) is 105 Å². The number of carbonyl (C=O) groups is 1. The van der Waals surface area contributed by atoms with E-state index in [2.05, 4.69) is 4.72 Å². The Hall–Kier alpha value is -3.38. The van der Waals surface area contributed by atoms with Gasteiger partial charge in [-0.25, -0.2) is 17.9 Å².